The molecular weight excluding hydrogens is 213 g/mol. The van der Waals surface area contributed by atoms with Crippen molar-refractivity contribution in [2.45, 2.75) is 20.4 Å². The van der Waals surface area contributed by atoms with E-state index in [9.17, 15) is 4.39 Å². The Kier molecular flexibility index (Phi) is 5.06. The van der Waals surface area contributed by atoms with Gasteiger partial charge in [0.2, 0.25) is 0 Å². The number of hydrogen-bond donors (Lipinski definition) is 1. The molecule has 0 spiro atoms. The van der Waals surface area contributed by atoms with Crippen molar-refractivity contribution < 1.29 is 4.39 Å². The van der Waals surface area contributed by atoms with Crippen molar-refractivity contribution in [1.82, 2.24) is 5.32 Å². The molecule has 1 atom stereocenters. The van der Waals surface area contributed by atoms with E-state index in [-0.39, 0.29) is 5.82 Å². The van der Waals surface area contributed by atoms with Gasteiger partial charge in [0.15, 0.2) is 0 Å². The first kappa shape index (κ1) is 12.5. The summed E-state index contributed by atoms with van der Waals surface area (Å²) in [4.78, 5) is 0. The van der Waals surface area contributed by atoms with Gasteiger partial charge in [-0.3, -0.25) is 0 Å². The second-order valence-corrected chi connectivity index (χ2v) is 4.27. The van der Waals surface area contributed by atoms with E-state index in [0.717, 1.165) is 24.2 Å². The van der Waals surface area contributed by atoms with E-state index in [0.29, 0.717) is 11.8 Å². The second kappa shape index (κ2) is 6.09. The van der Waals surface area contributed by atoms with Crippen LogP contribution in [0.2, 0.25) is 0 Å². The highest BCUT2D eigenvalue weighted by Gasteiger charge is 2.02. The van der Waals surface area contributed by atoms with Crippen LogP contribution in [-0.4, -0.2) is 12.4 Å². The number of halogens is 2. The van der Waals surface area contributed by atoms with Gasteiger partial charge < -0.3 is 5.32 Å². The highest BCUT2D eigenvalue weighted by Crippen LogP contribution is 2.09. The average Bonchev–Trinajstić information content (AvgIpc) is 2.21. The molecule has 3 heteroatoms. The zero-order valence-electron chi connectivity index (χ0n) is 9.19. The van der Waals surface area contributed by atoms with Gasteiger partial charge in [-0.25, -0.2) is 4.39 Å². The van der Waals surface area contributed by atoms with E-state index in [4.69, 9.17) is 11.6 Å². The lowest BCUT2D eigenvalue weighted by Crippen LogP contribution is -2.21. The normalized spacial score (nSPS) is 12.8. The van der Waals surface area contributed by atoms with Crippen LogP contribution < -0.4 is 5.32 Å². The fourth-order valence-electron chi connectivity index (χ4n) is 1.37. The van der Waals surface area contributed by atoms with Crippen molar-refractivity contribution >= 4 is 11.6 Å². The molecule has 1 aromatic rings. The van der Waals surface area contributed by atoms with E-state index in [1.807, 2.05) is 13.0 Å². The maximum absolute atomic E-state index is 12.8. The van der Waals surface area contributed by atoms with Crippen LogP contribution in [0.4, 0.5) is 4.39 Å². The van der Waals surface area contributed by atoms with Crippen molar-refractivity contribution in [3.05, 3.63) is 35.1 Å². The third-order valence-electron chi connectivity index (χ3n) is 2.38. The summed E-state index contributed by atoms with van der Waals surface area (Å²) >= 11 is 5.70. The number of aryl methyl sites for hydroxylation is 1. The van der Waals surface area contributed by atoms with Crippen molar-refractivity contribution in [2.75, 3.05) is 12.4 Å². The summed E-state index contributed by atoms with van der Waals surface area (Å²) in [5.74, 6) is 0.952. The summed E-state index contributed by atoms with van der Waals surface area (Å²) in [7, 11) is 0. The summed E-state index contributed by atoms with van der Waals surface area (Å²) in [6, 6.07) is 4.88. The summed E-state index contributed by atoms with van der Waals surface area (Å²) in [5, 5.41) is 3.31. The highest BCUT2D eigenvalue weighted by atomic mass is 35.5. The maximum Gasteiger partial charge on any atom is 0.123 e. The number of hydrogen-bond acceptors (Lipinski definition) is 1. The molecule has 0 fully saturated rings. The summed E-state index contributed by atoms with van der Waals surface area (Å²) in [5.41, 5.74) is 2.12. The SMILES string of the molecule is Cc1cc(F)ccc1CNCC(C)CCl. The average molecular weight is 230 g/mol. The quantitative estimate of drug-likeness (QED) is 0.766. The van der Waals surface area contributed by atoms with Crippen LogP contribution in [0, 0.1) is 18.7 Å². The minimum Gasteiger partial charge on any atom is -0.312 e. The number of alkyl halides is 1. The van der Waals surface area contributed by atoms with Crippen LogP contribution in [0.1, 0.15) is 18.1 Å². The molecule has 0 heterocycles. The molecule has 0 aliphatic carbocycles. The van der Waals surface area contributed by atoms with Crippen LogP contribution in [-0.2, 0) is 6.54 Å². The molecule has 0 saturated heterocycles. The Morgan fingerprint density at radius 3 is 2.80 bits per heavy atom. The Morgan fingerprint density at radius 2 is 2.20 bits per heavy atom. The molecule has 1 rings (SSSR count). The molecule has 1 N–H and O–H groups in total. The third-order valence-corrected chi connectivity index (χ3v) is 2.90. The van der Waals surface area contributed by atoms with E-state index in [1.165, 1.54) is 6.07 Å². The van der Waals surface area contributed by atoms with Crippen LogP contribution in [0.5, 0.6) is 0 Å². The molecule has 0 aromatic heterocycles. The first-order valence-corrected chi connectivity index (χ1v) is 5.68. The van der Waals surface area contributed by atoms with Gasteiger partial charge in [0, 0.05) is 12.4 Å². The molecule has 84 valence electrons. The lowest BCUT2D eigenvalue weighted by molar-refractivity contribution is 0.555. The first-order chi connectivity index (χ1) is 7.13. The van der Waals surface area contributed by atoms with Gasteiger partial charge in [-0.15, -0.1) is 11.6 Å². The van der Waals surface area contributed by atoms with Crippen molar-refractivity contribution in [3.8, 4) is 0 Å². The van der Waals surface area contributed by atoms with Gasteiger partial charge in [0.05, 0.1) is 0 Å². The van der Waals surface area contributed by atoms with Gasteiger partial charge in [-0.1, -0.05) is 13.0 Å². The van der Waals surface area contributed by atoms with Gasteiger partial charge in [-0.2, -0.15) is 0 Å². The Morgan fingerprint density at radius 1 is 1.47 bits per heavy atom. The van der Waals surface area contributed by atoms with Crippen molar-refractivity contribution in [2.24, 2.45) is 5.92 Å². The van der Waals surface area contributed by atoms with Crippen LogP contribution in [0.15, 0.2) is 18.2 Å². The molecule has 0 aliphatic heterocycles. The van der Waals surface area contributed by atoms with E-state index >= 15 is 0 Å². The first-order valence-electron chi connectivity index (χ1n) is 5.15. The Hall–Kier alpha value is -0.600. The Bertz CT molecular complexity index is 314. The third kappa shape index (κ3) is 4.18. The summed E-state index contributed by atoms with van der Waals surface area (Å²) in [6.45, 7) is 5.68. The Labute approximate surface area is 95.6 Å². The molecule has 0 bridgehead atoms. The van der Waals surface area contributed by atoms with Gasteiger partial charge in [-0.05, 0) is 42.6 Å². The highest BCUT2D eigenvalue weighted by molar-refractivity contribution is 6.18. The number of rotatable bonds is 5. The van der Waals surface area contributed by atoms with Gasteiger partial charge in [0.1, 0.15) is 5.82 Å². The summed E-state index contributed by atoms with van der Waals surface area (Å²) in [6.07, 6.45) is 0. The van der Waals surface area contributed by atoms with Crippen LogP contribution >= 0.6 is 11.6 Å². The topological polar surface area (TPSA) is 12.0 Å². The molecule has 0 aliphatic rings. The lowest BCUT2D eigenvalue weighted by atomic mass is 10.1. The second-order valence-electron chi connectivity index (χ2n) is 3.96. The zero-order valence-corrected chi connectivity index (χ0v) is 9.94. The predicted molar refractivity (Wildman–Crippen MR) is 62.7 cm³/mol. The standard InChI is InChI=1S/C12H17ClFN/c1-9(6-13)7-15-8-11-3-4-12(14)5-10(11)2/h3-5,9,15H,6-8H2,1-2H3. The lowest BCUT2D eigenvalue weighted by Gasteiger charge is -2.10. The predicted octanol–water partition coefficient (Wildman–Crippen LogP) is 3.10. The fourth-order valence-corrected chi connectivity index (χ4v) is 1.47. The van der Waals surface area contributed by atoms with Gasteiger partial charge >= 0.3 is 0 Å². The molecule has 1 aromatic carbocycles. The molecule has 0 amide bonds. The van der Waals surface area contributed by atoms with Crippen molar-refractivity contribution in [3.63, 3.8) is 0 Å². The molecule has 0 saturated carbocycles. The number of nitrogens with one attached hydrogen (secondary N) is 1. The smallest absolute Gasteiger partial charge is 0.123 e. The molecular formula is C12H17ClFN. The molecule has 15 heavy (non-hydrogen) atoms. The molecule has 0 radical (unpaired) electrons. The van der Waals surface area contributed by atoms with E-state index in [2.05, 4.69) is 12.2 Å². The van der Waals surface area contributed by atoms with Crippen LogP contribution in [0.25, 0.3) is 0 Å². The Balaban J connectivity index is 2.44. The largest absolute Gasteiger partial charge is 0.312 e. The zero-order chi connectivity index (χ0) is 11.3. The van der Waals surface area contributed by atoms with Gasteiger partial charge in [0.25, 0.3) is 0 Å². The maximum atomic E-state index is 12.8. The van der Waals surface area contributed by atoms with E-state index in [1.54, 1.807) is 6.07 Å². The fraction of sp³-hybridized carbons (Fsp3) is 0.500. The minimum absolute atomic E-state index is 0.176. The number of benzene rings is 1. The van der Waals surface area contributed by atoms with Crippen LogP contribution in [0.3, 0.4) is 0 Å². The molecule has 1 unspecified atom stereocenters. The summed E-state index contributed by atoms with van der Waals surface area (Å²) < 4.78 is 12.8. The van der Waals surface area contributed by atoms with E-state index < -0.39 is 0 Å². The van der Waals surface area contributed by atoms with Crippen molar-refractivity contribution in [1.29, 1.82) is 0 Å². The minimum atomic E-state index is -0.176. The molecule has 1 nitrogen and oxygen atoms in total. The monoisotopic (exact) mass is 229 g/mol.